The molecule has 0 saturated carbocycles. The van der Waals surface area contributed by atoms with E-state index in [9.17, 15) is 4.79 Å². The van der Waals surface area contributed by atoms with Gasteiger partial charge in [-0.2, -0.15) is 0 Å². The first-order chi connectivity index (χ1) is 9.22. The topological polar surface area (TPSA) is 56.0 Å². The second kappa shape index (κ2) is 4.82. The number of thiazole rings is 1. The van der Waals surface area contributed by atoms with Crippen molar-refractivity contribution in [2.24, 2.45) is 5.73 Å². The number of aromatic nitrogens is 1. The molecule has 0 unspecified atom stereocenters. The van der Waals surface area contributed by atoms with Crippen LogP contribution in [0.3, 0.4) is 0 Å². The summed E-state index contributed by atoms with van der Waals surface area (Å²) in [5.41, 5.74) is 8.17. The minimum absolute atomic E-state index is 0.263. The van der Waals surface area contributed by atoms with Gasteiger partial charge in [-0.3, -0.25) is 4.79 Å². The molecule has 0 saturated heterocycles. The third kappa shape index (κ3) is 2.48. The van der Waals surface area contributed by atoms with Gasteiger partial charge >= 0.3 is 0 Å². The summed E-state index contributed by atoms with van der Waals surface area (Å²) in [5, 5.41) is 0.965. The first-order valence-electron chi connectivity index (χ1n) is 5.95. The van der Waals surface area contributed by atoms with Crippen molar-refractivity contribution in [3.8, 4) is 10.6 Å². The van der Waals surface area contributed by atoms with Crippen LogP contribution in [0, 0.1) is 0 Å². The van der Waals surface area contributed by atoms with E-state index in [1.54, 1.807) is 11.3 Å². The van der Waals surface area contributed by atoms with Crippen LogP contribution in [-0.2, 0) is 11.2 Å². The van der Waals surface area contributed by atoms with Crippen molar-refractivity contribution in [1.82, 2.24) is 4.98 Å². The van der Waals surface area contributed by atoms with Gasteiger partial charge < -0.3 is 5.73 Å². The summed E-state index contributed by atoms with van der Waals surface area (Å²) < 4.78 is 1.16. The van der Waals surface area contributed by atoms with Gasteiger partial charge in [0.05, 0.1) is 16.6 Å². The molecule has 1 aromatic heterocycles. The van der Waals surface area contributed by atoms with Gasteiger partial charge in [-0.05, 0) is 23.8 Å². The first-order valence-corrected chi connectivity index (χ1v) is 6.77. The van der Waals surface area contributed by atoms with E-state index in [1.807, 2.05) is 42.5 Å². The van der Waals surface area contributed by atoms with Crippen LogP contribution in [0.4, 0.5) is 0 Å². The summed E-state index contributed by atoms with van der Waals surface area (Å²) in [6.45, 7) is 0. The zero-order chi connectivity index (χ0) is 13.2. The Morgan fingerprint density at radius 2 is 2.00 bits per heavy atom. The highest BCUT2D eigenvalue weighted by atomic mass is 32.1. The van der Waals surface area contributed by atoms with Crippen molar-refractivity contribution < 1.29 is 4.79 Å². The Bertz CT molecular complexity index is 715. The molecular formula is C15H12N2OS. The van der Waals surface area contributed by atoms with Crippen molar-refractivity contribution >= 4 is 27.5 Å². The lowest BCUT2D eigenvalue weighted by Crippen LogP contribution is -2.13. The number of hydrogen-bond acceptors (Lipinski definition) is 3. The van der Waals surface area contributed by atoms with Crippen molar-refractivity contribution in [2.45, 2.75) is 6.42 Å². The van der Waals surface area contributed by atoms with E-state index in [-0.39, 0.29) is 12.3 Å². The smallest absolute Gasteiger partial charge is 0.221 e. The number of benzene rings is 2. The number of carbonyl (C=O) groups is 1. The molecule has 3 aromatic rings. The molecular weight excluding hydrogens is 256 g/mol. The lowest BCUT2D eigenvalue weighted by atomic mass is 10.1. The summed E-state index contributed by atoms with van der Waals surface area (Å²) in [6, 6.07) is 15.9. The summed E-state index contributed by atoms with van der Waals surface area (Å²) in [6.07, 6.45) is 0.263. The third-order valence-electron chi connectivity index (χ3n) is 2.85. The molecule has 0 spiro atoms. The Kier molecular flexibility index (Phi) is 3.01. The van der Waals surface area contributed by atoms with E-state index in [2.05, 4.69) is 11.1 Å². The van der Waals surface area contributed by atoms with Gasteiger partial charge in [-0.1, -0.05) is 30.3 Å². The largest absolute Gasteiger partial charge is 0.369 e. The number of primary amides is 1. The summed E-state index contributed by atoms with van der Waals surface area (Å²) in [5.74, 6) is -0.318. The molecule has 4 heteroatoms. The standard InChI is InChI=1S/C15H12N2OS/c16-14(18)9-10-4-3-5-11(8-10)15-17-12-6-1-2-7-13(12)19-15/h1-8H,9H2,(H2,16,18). The maximum absolute atomic E-state index is 11.0. The molecule has 0 radical (unpaired) electrons. The second-order valence-corrected chi connectivity index (χ2v) is 5.36. The van der Waals surface area contributed by atoms with Gasteiger partial charge in [0.25, 0.3) is 0 Å². The lowest BCUT2D eigenvalue weighted by molar-refractivity contribution is -0.117. The number of nitrogens with two attached hydrogens (primary N) is 1. The SMILES string of the molecule is NC(=O)Cc1cccc(-c2nc3ccccc3s2)c1. The fourth-order valence-electron chi connectivity index (χ4n) is 2.01. The van der Waals surface area contributed by atoms with E-state index < -0.39 is 0 Å². The predicted molar refractivity (Wildman–Crippen MR) is 78.0 cm³/mol. The fraction of sp³-hybridized carbons (Fsp3) is 0.0667. The molecule has 0 aliphatic heterocycles. The van der Waals surface area contributed by atoms with Gasteiger partial charge in [0.15, 0.2) is 0 Å². The molecule has 1 amide bonds. The van der Waals surface area contributed by atoms with Crippen LogP contribution in [0.5, 0.6) is 0 Å². The van der Waals surface area contributed by atoms with Crippen molar-refractivity contribution in [1.29, 1.82) is 0 Å². The highest BCUT2D eigenvalue weighted by molar-refractivity contribution is 7.21. The maximum atomic E-state index is 11.0. The van der Waals surface area contributed by atoms with Crippen molar-refractivity contribution in [3.63, 3.8) is 0 Å². The van der Waals surface area contributed by atoms with Gasteiger partial charge in [0, 0.05) is 5.56 Å². The van der Waals surface area contributed by atoms with Crippen LogP contribution in [0.1, 0.15) is 5.56 Å². The average molecular weight is 268 g/mol. The van der Waals surface area contributed by atoms with Crippen LogP contribution >= 0.6 is 11.3 Å². The minimum atomic E-state index is -0.318. The van der Waals surface area contributed by atoms with E-state index in [0.717, 1.165) is 26.4 Å². The number of nitrogens with zero attached hydrogens (tertiary/aromatic N) is 1. The Balaban J connectivity index is 2.03. The molecule has 0 fully saturated rings. The normalized spacial score (nSPS) is 10.7. The van der Waals surface area contributed by atoms with Gasteiger partial charge in [0.2, 0.25) is 5.91 Å². The number of hydrogen-bond donors (Lipinski definition) is 1. The van der Waals surface area contributed by atoms with Crippen LogP contribution in [-0.4, -0.2) is 10.9 Å². The Labute approximate surface area is 114 Å². The van der Waals surface area contributed by atoms with E-state index >= 15 is 0 Å². The quantitative estimate of drug-likeness (QED) is 0.794. The monoisotopic (exact) mass is 268 g/mol. The molecule has 2 aromatic carbocycles. The Morgan fingerprint density at radius 3 is 2.79 bits per heavy atom. The molecule has 0 atom stereocenters. The Hall–Kier alpha value is -2.20. The third-order valence-corrected chi connectivity index (χ3v) is 3.93. The molecule has 1 heterocycles. The fourth-order valence-corrected chi connectivity index (χ4v) is 2.97. The lowest BCUT2D eigenvalue weighted by Gasteiger charge is -2.00. The molecule has 3 nitrogen and oxygen atoms in total. The zero-order valence-electron chi connectivity index (χ0n) is 10.2. The number of para-hydroxylation sites is 1. The molecule has 0 aliphatic rings. The predicted octanol–water partition coefficient (Wildman–Crippen LogP) is 2.99. The van der Waals surface area contributed by atoms with E-state index in [0.29, 0.717) is 0 Å². The maximum Gasteiger partial charge on any atom is 0.221 e. The van der Waals surface area contributed by atoms with Crippen molar-refractivity contribution in [3.05, 3.63) is 54.1 Å². The molecule has 3 rings (SSSR count). The van der Waals surface area contributed by atoms with Crippen LogP contribution in [0.25, 0.3) is 20.8 Å². The number of carbonyl (C=O) groups excluding carboxylic acids is 1. The minimum Gasteiger partial charge on any atom is -0.369 e. The number of fused-ring (bicyclic) bond motifs is 1. The van der Waals surface area contributed by atoms with Crippen LogP contribution in [0.15, 0.2) is 48.5 Å². The molecule has 2 N–H and O–H groups in total. The van der Waals surface area contributed by atoms with Gasteiger partial charge in [-0.25, -0.2) is 4.98 Å². The molecule has 0 aliphatic carbocycles. The van der Waals surface area contributed by atoms with Gasteiger partial charge in [0.1, 0.15) is 5.01 Å². The summed E-state index contributed by atoms with van der Waals surface area (Å²) in [7, 11) is 0. The number of amides is 1. The summed E-state index contributed by atoms with van der Waals surface area (Å²) in [4.78, 5) is 15.6. The van der Waals surface area contributed by atoms with Crippen LogP contribution in [0.2, 0.25) is 0 Å². The summed E-state index contributed by atoms with van der Waals surface area (Å²) >= 11 is 1.65. The Morgan fingerprint density at radius 1 is 1.16 bits per heavy atom. The second-order valence-electron chi connectivity index (χ2n) is 4.33. The van der Waals surface area contributed by atoms with E-state index in [4.69, 9.17) is 5.73 Å². The van der Waals surface area contributed by atoms with Crippen LogP contribution < -0.4 is 5.73 Å². The van der Waals surface area contributed by atoms with E-state index in [1.165, 1.54) is 0 Å². The average Bonchev–Trinajstić information content (AvgIpc) is 2.82. The van der Waals surface area contributed by atoms with Gasteiger partial charge in [-0.15, -0.1) is 11.3 Å². The highest BCUT2D eigenvalue weighted by Gasteiger charge is 2.07. The van der Waals surface area contributed by atoms with Crippen molar-refractivity contribution in [2.75, 3.05) is 0 Å². The first kappa shape index (κ1) is 11.9. The molecule has 94 valence electrons. The molecule has 0 bridgehead atoms. The molecule has 19 heavy (non-hydrogen) atoms. The zero-order valence-corrected chi connectivity index (χ0v) is 11.0. The highest BCUT2D eigenvalue weighted by Crippen LogP contribution is 2.30. The number of rotatable bonds is 3.